The maximum atomic E-state index is 12.4. The Morgan fingerprint density at radius 2 is 2.17 bits per heavy atom. The van der Waals surface area contributed by atoms with Gasteiger partial charge in [0.2, 0.25) is 11.1 Å². The van der Waals surface area contributed by atoms with E-state index >= 15 is 0 Å². The minimum atomic E-state index is -0.352. The first-order valence-electron chi connectivity index (χ1n) is 7.57. The van der Waals surface area contributed by atoms with Gasteiger partial charge in [-0.1, -0.05) is 11.8 Å². The molecular weight excluding hydrogens is 330 g/mol. The molecule has 3 N–H and O–H groups in total. The summed E-state index contributed by atoms with van der Waals surface area (Å²) in [6, 6.07) is 5.58. The van der Waals surface area contributed by atoms with E-state index in [4.69, 9.17) is 0 Å². The van der Waals surface area contributed by atoms with E-state index < -0.39 is 0 Å². The summed E-state index contributed by atoms with van der Waals surface area (Å²) in [6.07, 6.45) is 2.15. The SMILES string of the molecule is CC(Sc1nnnn1C1CC1)C(=O)Nc1ccc2[nH]c(=O)[nH]c2c1. The average Bonchev–Trinajstić information content (AvgIpc) is 3.17. The third-order valence-electron chi connectivity index (χ3n) is 3.79. The Bertz CT molecular complexity index is 955. The molecule has 0 aliphatic heterocycles. The maximum absolute atomic E-state index is 12.4. The Kier molecular flexibility index (Phi) is 3.60. The molecule has 2 aromatic heterocycles. The highest BCUT2D eigenvalue weighted by Crippen LogP contribution is 2.37. The second-order valence-corrected chi connectivity index (χ2v) is 7.03. The topological polar surface area (TPSA) is 121 Å². The van der Waals surface area contributed by atoms with E-state index in [9.17, 15) is 9.59 Å². The van der Waals surface area contributed by atoms with Crippen molar-refractivity contribution < 1.29 is 4.79 Å². The molecule has 24 heavy (non-hydrogen) atoms. The molecule has 1 aliphatic carbocycles. The highest BCUT2D eigenvalue weighted by Gasteiger charge is 2.29. The summed E-state index contributed by atoms with van der Waals surface area (Å²) in [5.41, 5.74) is 1.70. The fourth-order valence-corrected chi connectivity index (χ4v) is 3.24. The minimum absolute atomic E-state index is 0.150. The number of thioether (sulfide) groups is 1. The van der Waals surface area contributed by atoms with Crippen LogP contribution in [-0.4, -0.2) is 41.3 Å². The van der Waals surface area contributed by atoms with Crippen LogP contribution in [0, 0.1) is 0 Å². The van der Waals surface area contributed by atoms with E-state index in [1.165, 1.54) is 11.8 Å². The molecule has 0 saturated heterocycles. The predicted octanol–water partition coefficient (Wildman–Crippen LogP) is 1.30. The van der Waals surface area contributed by atoms with Crippen molar-refractivity contribution in [2.75, 3.05) is 5.32 Å². The highest BCUT2D eigenvalue weighted by molar-refractivity contribution is 8.00. The lowest BCUT2D eigenvalue weighted by Crippen LogP contribution is -2.23. The van der Waals surface area contributed by atoms with Crippen LogP contribution in [-0.2, 0) is 4.79 Å². The van der Waals surface area contributed by atoms with Gasteiger partial charge in [-0.05, 0) is 48.4 Å². The smallest absolute Gasteiger partial charge is 0.323 e. The van der Waals surface area contributed by atoms with Crippen molar-refractivity contribution in [3.63, 3.8) is 0 Å². The van der Waals surface area contributed by atoms with Crippen LogP contribution in [0.3, 0.4) is 0 Å². The van der Waals surface area contributed by atoms with Crippen LogP contribution < -0.4 is 11.0 Å². The van der Waals surface area contributed by atoms with Gasteiger partial charge >= 0.3 is 5.69 Å². The lowest BCUT2D eigenvalue weighted by atomic mass is 10.2. The van der Waals surface area contributed by atoms with Gasteiger partial charge in [0.1, 0.15) is 0 Å². The molecule has 1 saturated carbocycles. The Morgan fingerprint density at radius 1 is 1.38 bits per heavy atom. The molecule has 1 unspecified atom stereocenters. The molecular formula is C14H15N7O2S. The molecule has 1 aliphatic rings. The summed E-state index contributed by atoms with van der Waals surface area (Å²) in [6.45, 7) is 1.81. The van der Waals surface area contributed by atoms with E-state index in [-0.39, 0.29) is 16.8 Å². The van der Waals surface area contributed by atoms with Crippen LogP contribution in [0.15, 0.2) is 28.2 Å². The number of rotatable bonds is 5. The molecule has 3 aromatic rings. The van der Waals surface area contributed by atoms with Gasteiger partial charge in [0, 0.05) is 5.69 Å². The first-order valence-corrected chi connectivity index (χ1v) is 8.45. The zero-order valence-electron chi connectivity index (χ0n) is 12.8. The number of carbonyl (C=O) groups excluding carboxylic acids is 1. The number of amides is 1. The Hall–Kier alpha value is -2.62. The Morgan fingerprint density at radius 3 is 2.96 bits per heavy atom. The number of hydrogen-bond donors (Lipinski definition) is 3. The molecule has 2 heterocycles. The van der Waals surface area contributed by atoms with E-state index in [1.807, 2.05) is 6.92 Å². The molecule has 1 atom stereocenters. The molecule has 1 fully saturated rings. The largest absolute Gasteiger partial charge is 0.325 e. The van der Waals surface area contributed by atoms with Gasteiger partial charge in [-0.2, -0.15) is 0 Å². The summed E-state index contributed by atoms with van der Waals surface area (Å²) < 4.78 is 1.78. The number of carbonyl (C=O) groups is 1. The maximum Gasteiger partial charge on any atom is 0.323 e. The average molecular weight is 345 g/mol. The number of aromatic nitrogens is 6. The Labute approximate surface area is 140 Å². The van der Waals surface area contributed by atoms with Crippen LogP contribution in [0.4, 0.5) is 5.69 Å². The van der Waals surface area contributed by atoms with Gasteiger partial charge in [-0.3, -0.25) is 4.79 Å². The van der Waals surface area contributed by atoms with Crippen LogP contribution in [0.25, 0.3) is 11.0 Å². The molecule has 0 radical (unpaired) electrons. The fourth-order valence-electron chi connectivity index (χ4n) is 2.38. The first kappa shape index (κ1) is 14.9. The number of benzene rings is 1. The van der Waals surface area contributed by atoms with E-state index in [1.54, 1.807) is 22.9 Å². The third-order valence-corrected chi connectivity index (χ3v) is 4.84. The number of hydrogen-bond acceptors (Lipinski definition) is 6. The summed E-state index contributed by atoms with van der Waals surface area (Å²) in [7, 11) is 0. The van der Waals surface area contributed by atoms with Crippen molar-refractivity contribution in [2.24, 2.45) is 0 Å². The number of aromatic amines is 2. The van der Waals surface area contributed by atoms with Gasteiger partial charge in [-0.15, -0.1) is 5.10 Å². The lowest BCUT2D eigenvalue weighted by Gasteiger charge is -2.11. The zero-order valence-corrected chi connectivity index (χ0v) is 13.6. The van der Waals surface area contributed by atoms with Gasteiger partial charge < -0.3 is 15.3 Å². The molecule has 9 nitrogen and oxygen atoms in total. The normalized spacial score (nSPS) is 15.5. The Balaban J connectivity index is 1.45. The second-order valence-electron chi connectivity index (χ2n) is 5.73. The predicted molar refractivity (Wildman–Crippen MR) is 89.0 cm³/mol. The number of nitrogens with one attached hydrogen (secondary N) is 3. The van der Waals surface area contributed by atoms with Crippen molar-refractivity contribution in [1.29, 1.82) is 0 Å². The van der Waals surface area contributed by atoms with Gasteiger partial charge in [0.05, 0.1) is 22.3 Å². The molecule has 1 aromatic carbocycles. The van der Waals surface area contributed by atoms with Crippen molar-refractivity contribution in [3.05, 3.63) is 28.7 Å². The van der Waals surface area contributed by atoms with Crippen molar-refractivity contribution in [2.45, 2.75) is 36.2 Å². The zero-order chi connectivity index (χ0) is 16.7. The van der Waals surface area contributed by atoms with Crippen molar-refractivity contribution in [1.82, 2.24) is 30.2 Å². The molecule has 10 heteroatoms. The number of tetrazole rings is 1. The van der Waals surface area contributed by atoms with Crippen LogP contribution in [0.2, 0.25) is 0 Å². The minimum Gasteiger partial charge on any atom is -0.325 e. The van der Waals surface area contributed by atoms with Crippen LogP contribution in [0.1, 0.15) is 25.8 Å². The standard InChI is InChI=1S/C14H15N7O2S/c1-7(24-14-18-19-20-21(14)9-3-4-9)12(22)15-8-2-5-10-11(6-8)17-13(23)16-10/h2,5-7,9H,3-4H2,1H3,(H,15,22)(H2,16,17,23). The molecule has 0 bridgehead atoms. The van der Waals surface area contributed by atoms with Crippen LogP contribution >= 0.6 is 11.8 Å². The molecule has 4 rings (SSSR count). The van der Waals surface area contributed by atoms with Crippen LogP contribution in [0.5, 0.6) is 0 Å². The third kappa shape index (κ3) is 2.92. The van der Waals surface area contributed by atoms with Crippen molar-refractivity contribution in [3.8, 4) is 0 Å². The molecule has 0 spiro atoms. The highest BCUT2D eigenvalue weighted by atomic mass is 32.2. The van der Waals surface area contributed by atoms with E-state index in [0.717, 1.165) is 12.8 Å². The number of imidazole rings is 1. The lowest BCUT2D eigenvalue weighted by molar-refractivity contribution is -0.115. The summed E-state index contributed by atoms with van der Waals surface area (Å²) in [5, 5.41) is 14.8. The molecule has 124 valence electrons. The first-order chi connectivity index (χ1) is 11.6. The summed E-state index contributed by atoms with van der Waals surface area (Å²) in [5.74, 6) is -0.150. The van der Waals surface area contributed by atoms with Crippen molar-refractivity contribution >= 4 is 34.4 Å². The number of H-pyrrole nitrogens is 2. The van der Waals surface area contributed by atoms with Gasteiger partial charge in [0.25, 0.3) is 0 Å². The monoisotopic (exact) mass is 345 g/mol. The van der Waals surface area contributed by atoms with E-state index in [0.29, 0.717) is 27.9 Å². The van der Waals surface area contributed by atoms with Gasteiger partial charge in [0.15, 0.2) is 0 Å². The molecule has 1 amide bonds. The van der Waals surface area contributed by atoms with E-state index in [2.05, 4.69) is 30.8 Å². The summed E-state index contributed by atoms with van der Waals surface area (Å²) in [4.78, 5) is 29.0. The van der Waals surface area contributed by atoms with Gasteiger partial charge in [-0.25, -0.2) is 9.48 Å². The number of fused-ring (bicyclic) bond motifs is 1. The number of anilines is 1. The second kappa shape index (κ2) is 5.78. The fraction of sp³-hybridized carbons (Fsp3) is 0.357. The number of nitrogens with zero attached hydrogens (tertiary/aromatic N) is 4. The summed E-state index contributed by atoms with van der Waals surface area (Å²) >= 11 is 1.33. The quantitative estimate of drug-likeness (QED) is 0.599.